The van der Waals surface area contributed by atoms with Crippen LogP contribution in [0.25, 0.3) is 0 Å². The third-order valence-electron chi connectivity index (χ3n) is 5.92. The predicted octanol–water partition coefficient (Wildman–Crippen LogP) is 2.77. The molecule has 0 radical (unpaired) electrons. The number of halogens is 3. The molecule has 2 bridgehead atoms. The van der Waals surface area contributed by atoms with Crippen LogP contribution < -0.4 is 5.43 Å². The van der Waals surface area contributed by atoms with E-state index in [9.17, 15) is 27.6 Å². The molecule has 138 valence electrons. The maximum atomic E-state index is 12.6. The fourth-order valence-corrected chi connectivity index (χ4v) is 4.65. The minimum atomic E-state index is -4.50. The number of rotatable bonds is 2. The van der Waals surface area contributed by atoms with Gasteiger partial charge in [-0.05, 0) is 61.8 Å². The summed E-state index contributed by atoms with van der Waals surface area (Å²) in [6, 6.07) is 3.64. The van der Waals surface area contributed by atoms with Crippen LogP contribution in [-0.2, 0) is 15.8 Å². The number of alkyl halides is 3. The van der Waals surface area contributed by atoms with Crippen molar-refractivity contribution < 1.29 is 27.6 Å². The molecule has 8 heteroatoms. The third-order valence-corrected chi connectivity index (χ3v) is 5.92. The quantitative estimate of drug-likeness (QED) is 0.819. The third kappa shape index (κ3) is 2.59. The van der Waals surface area contributed by atoms with Crippen LogP contribution in [-0.4, -0.2) is 22.7 Å². The molecule has 1 saturated heterocycles. The molecular weight excluding hydrogens is 349 g/mol. The summed E-state index contributed by atoms with van der Waals surface area (Å²) in [6.07, 6.45) is -0.807. The molecule has 1 heterocycles. The molecule has 1 N–H and O–H groups in total. The summed E-state index contributed by atoms with van der Waals surface area (Å²) in [6.45, 7) is 0. The molecule has 1 aromatic rings. The Hall–Kier alpha value is -2.38. The molecule has 2 atom stereocenters. The van der Waals surface area contributed by atoms with Crippen LogP contribution in [0.3, 0.4) is 0 Å². The van der Waals surface area contributed by atoms with Gasteiger partial charge in [0.25, 0.3) is 17.7 Å². The van der Waals surface area contributed by atoms with E-state index >= 15 is 0 Å². The molecule has 3 saturated carbocycles. The normalized spacial score (nSPS) is 30.5. The van der Waals surface area contributed by atoms with Crippen LogP contribution in [0.4, 0.5) is 13.2 Å². The van der Waals surface area contributed by atoms with E-state index in [-0.39, 0.29) is 29.2 Å². The minimum absolute atomic E-state index is 0.0450. The Morgan fingerprint density at radius 1 is 0.923 bits per heavy atom. The first-order valence-electron chi connectivity index (χ1n) is 8.63. The standard InChI is InChI=1S/C18H17F3N2O3/c19-18(20,21)12-7-5-11(6-8-12)15(24)22-23-16(25)13-9-1-2-10(4-3-9)14(13)17(23)26/h5-10,13-14H,1-4H2,(H,22,24). The highest BCUT2D eigenvalue weighted by molar-refractivity contribution is 6.08. The van der Waals surface area contributed by atoms with Gasteiger partial charge in [-0.2, -0.15) is 18.2 Å². The first-order valence-corrected chi connectivity index (χ1v) is 8.63. The van der Waals surface area contributed by atoms with E-state index in [1.807, 2.05) is 0 Å². The monoisotopic (exact) mass is 366 g/mol. The zero-order valence-corrected chi connectivity index (χ0v) is 13.8. The van der Waals surface area contributed by atoms with E-state index in [1.54, 1.807) is 0 Å². The summed E-state index contributed by atoms with van der Waals surface area (Å²) in [7, 11) is 0. The lowest BCUT2D eigenvalue weighted by atomic mass is 9.59. The van der Waals surface area contributed by atoms with Gasteiger partial charge in [0.1, 0.15) is 0 Å². The molecule has 1 aliphatic heterocycles. The Balaban J connectivity index is 1.51. The van der Waals surface area contributed by atoms with E-state index in [4.69, 9.17) is 0 Å². The van der Waals surface area contributed by atoms with Gasteiger partial charge in [-0.15, -0.1) is 0 Å². The first-order chi connectivity index (χ1) is 12.3. The highest BCUT2D eigenvalue weighted by atomic mass is 19.4. The van der Waals surface area contributed by atoms with Gasteiger partial charge in [0, 0.05) is 5.56 Å². The maximum absolute atomic E-state index is 12.6. The Bertz CT molecular complexity index is 737. The van der Waals surface area contributed by atoms with Gasteiger partial charge in [-0.3, -0.25) is 19.8 Å². The summed E-state index contributed by atoms with van der Waals surface area (Å²) in [5, 5.41) is 0.784. The Morgan fingerprint density at radius 3 is 1.81 bits per heavy atom. The van der Waals surface area contributed by atoms with Crippen LogP contribution in [0.1, 0.15) is 41.6 Å². The van der Waals surface area contributed by atoms with E-state index in [0.717, 1.165) is 55.0 Å². The number of nitrogens with zero attached hydrogens (tertiary/aromatic N) is 1. The molecule has 3 amide bonds. The fourth-order valence-electron chi connectivity index (χ4n) is 4.65. The van der Waals surface area contributed by atoms with Crippen molar-refractivity contribution in [3.8, 4) is 0 Å². The highest BCUT2D eigenvalue weighted by Gasteiger charge is 2.58. The molecular formula is C18H17F3N2O3. The Morgan fingerprint density at radius 2 is 1.38 bits per heavy atom. The van der Waals surface area contributed by atoms with Gasteiger partial charge >= 0.3 is 6.18 Å². The van der Waals surface area contributed by atoms with Gasteiger partial charge in [0.15, 0.2) is 0 Å². The van der Waals surface area contributed by atoms with Crippen molar-refractivity contribution in [1.82, 2.24) is 10.4 Å². The molecule has 5 nitrogen and oxygen atoms in total. The number of hydrogen-bond donors (Lipinski definition) is 1. The van der Waals surface area contributed by atoms with Crippen LogP contribution >= 0.6 is 0 Å². The molecule has 3 aliphatic carbocycles. The smallest absolute Gasteiger partial charge is 0.272 e. The van der Waals surface area contributed by atoms with Crippen molar-refractivity contribution in [2.75, 3.05) is 0 Å². The topological polar surface area (TPSA) is 66.5 Å². The lowest BCUT2D eigenvalue weighted by molar-refractivity contribution is -0.143. The van der Waals surface area contributed by atoms with E-state index in [2.05, 4.69) is 5.43 Å². The number of carbonyl (C=O) groups is 3. The van der Waals surface area contributed by atoms with Gasteiger partial charge in [-0.25, -0.2) is 0 Å². The number of nitrogens with one attached hydrogen (secondary N) is 1. The summed E-state index contributed by atoms with van der Waals surface area (Å²) in [5.41, 5.74) is 1.38. The second kappa shape index (κ2) is 5.82. The molecule has 4 aliphatic rings. The van der Waals surface area contributed by atoms with E-state index < -0.39 is 29.5 Å². The van der Waals surface area contributed by atoms with Crippen LogP contribution in [0.2, 0.25) is 0 Å². The summed E-state index contributed by atoms with van der Waals surface area (Å²) in [4.78, 5) is 37.6. The highest BCUT2D eigenvalue weighted by Crippen LogP contribution is 2.52. The molecule has 0 aromatic heterocycles. The number of fused-ring (bicyclic) bond motifs is 2. The van der Waals surface area contributed by atoms with Crippen molar-refractivity contribution in [1.29, 1.82) is 0 Å². The average Bonchev–Trinajstić information content (AvgIpc) is 2.89. The molecule has 2 unspecified atom stereocenters. The summed E-state index contributed by atoms with van der Waals surface area (Å²) >= 11 is 0. The predicted molar refractivity (Wildman–Crippen MR) is 83.2 cm³/mol. The van der Waals surface area contributed by atoms with Crippen LogP contribution in [0, 0.1) is 23.7 Å². The minimum Gasteiger partial charge on any atom is -0.272 e. The average molecular weight is 366 g/mol. The van der Waals surface area contributed by atoms with Crippen LogP contribution in [0.15, 0.2) is 24.3 Å². The molecule has 26 heavy (non-hydrogen) atoms. The first kappa shape index (κ1) is 17.1. The SMILES string of the molecule is O=C(NN1C(=O)C2C3CCC(CC3)C2C1=O)c1ccc(C(F)(F)F)cc1. The van der Waals surface area contributed by atoms with Gasteiger partial charge in [0.2, 0.25) is 0 Å². The number of carbonyl (C=O) groups excluding carboxylic acids is 3. The van der Waals surface area contributed by atoms with E-state index in [0.29, 0.717) is 0 Å². The zero-order valence-electron chi connectivity index (χ0n) is 13.8. The van der Waals surface area contributed by atoms with Gasteiger partial charge < -0.3 is 0 Å². The lowest BCUT2D eigenvalue weighted by Crippen LogP contribution is -2.46. The number of hydrazine groups is 1. The fraction of sp³-hybridized carbons (Fsp3) is 0.500. The van der Waals surface area contributed by atoms with Crippen LogP contribution in [0.5, 0.6) is 0 Å². The van der Waals surface area contributed by atoms with E-state index in [1.165, 1.54) is 0 Å². The number of imide groups is 1. The second-order valence-corrected chi connectivity index (χ2v) is 7.25. The van der Waals surface area contributed by atoms with Gasteiger partial charge in [-0.1, -0.05) is 0 Å². The number of benzene rings is 1. The molecule has 5 rings (SSSR count). The molecule has 1 aromatic carbocycles. The zero-order chi connectivity index (χ0) is 18.6. The summed E-state index contributed by atoms with van der Waals surface area (Å²) in [5.74, 6) is -1.95. The molecule has 4 fully saturated rings. The lowest BCUT2D eigenvalue weighted by Gasteiger charge is -2.42. The maximum Gasteiger partial charge on any atom is 0.416 e. The van der Waals surface area contributed by atoms with Crippen molar-refractivity contribution in [2.24, 2.45) is 23.7 Å². The Labute approximate surface area is 147 Å². The molecule has 0 spiro atoms. The Kier molecular flexibility index (Phi) is 3.82. The van der Waals surface area contributed by atoms with Gasteiger partial charge in [0.05, 0.1) is 17.4 Å². The van der Waals surface area contributed by atoms with Crippen molar-refractivity contribution in [3.63, 3.8) is 0 Å². The summed E-state index contributed by atoms with van der Waals surface area (Å²) < 4.78 is 37.8. The number of hydrogen-bond acceptors (Lipinski definition) is 3. The largest absolute Gasteiger partial charge is 0.416 e. The van der Waals surface area contributed by atoms with Crippen molar-refractivity contribution in [2.45, 2.75) is 31.9 Å². The second-order valence-electron chi connectivity index (χ2n) is 7.25. The van der Waals surface area contributed by atoms with Crippen molar-refractivity contribution in [3.05, 3.63) is 35.4 Å². The van der Waals surface area contributed by atoms with Crippen molar-refractivity contribution >= 4 is 17.7 Å². The number of amides is 3.